The zero-order valence-corrected chi connectivity index (χ0v) is 12.2. The first kappa shape index (κ1) is 15.0. The van der Waals surface area contributed by atoms with Gasteiger partial charge in [0.15, 0.2) is 0 Å². The lowest BCUT2D eigenvalue weighted by atomic mass is 10.0. The van der Waals surface area contributed by atoms with Crippen LogP contribution in [0.1, 0.15) is 32.8 Å². The number of sulfonamides is 1. The standard InChI is InChI=1S/C13H22N2O2S/c1-5-12(9(2)3)15-18(16,17)13-8-11(14)7-6-10(13)4/h6-9,12,15H,5,14H2,1-4H3. The molecule has 18 heavy (non-hydrogen) atoms. The average Bonchev–Trinajstić information content (AvgIpc) is 2.28. The summed E-state index contributed by atoms with van der Waals surface area (Å²) in [6, 6.07) is 4.87. The summed E-state index contributed by atoms with van der Waals surface area (Å²) >= 11 is 0. The van der Waals surface area contributed by atoms with Crippen molar-refractivity contribution in [2.75, 3.05) is 5.73 Å². The van der Waals surface area contributed by atoms with Crippen molar-refractivity contribution in [1.82, 2.24) is 4.72 Å². The van der Waals surface area contributed by atoms with Crippen LogP contribution in [0.3, 0.4) is 0 Å². The van der Waals surface area contributed by atoms with Crippen molar-refractivity contribution in [1.29, 1.82) is 0 Å². The second-order valence-corrected chi connectivity index (χ2v) is 6.59. The molecule has 102 valence electrons. The molecular formula is C13H22N2O2S. The number of aryl methyl sites for hydroxylation is 1. The van der Waals surface area contributed by atoms with E-state index in [0.717, 1.165) is 6.42 Å². The SMILES string of the molecule is CCC(NS(=O)(=O)c1cc(N)ccc1C)C(C)C. The lowest BCUT2D eigenvalue weighted by molar-refractivity contribution is 0.437. The second kappa shape index (κ2) is 5.71. The van der Waals surface area contributed by atoms with Crippen molar-refractivity contribution in [2.45, 2.75) is 45.1 Å². The molecular weight excluding hydrogens is 248 g/mol. The van der Waals surface area contributed by atoms with Crippen molar-refractivity contribution in [3.63, 3.8) is 0 Å². The van der Waals surface area contributed by atoms with Crippen LogP contribution in [0.25, 0.3) is 0 Å². The number of hydrogen-bond donors (Lipinski definition) is 2. The highest BCUT2D eigenvalue weighted by atomic mass is 32.2. The minimum absolute atomic E-state index is 0.0594. The van der Waals surface area contributed by atoms with Gasteiger partial charge in [-0.15, -0.1) is 0 Å². The van der Waals surface area contributed by atoms with Gasteiger partial charge in [0, 0.05) is 11.7 Å². The van der Waals surface area contributed by atoms with Gasteiger partial charge < -0.3 is 5.73 Å². The molecule has 0 aliphatic rings. The number of hydrogen-bond acceptors (Lipinski definition) is 3. The number of nitrogens with one attached hydrogen (secondary N) is 1. The highest BCUT2D eigenvalue weighted by Gasteiger charge is 2.22. The maximum absolute atomic E-state index is 12.3. The van der Waals surface area contributed by atoms with E-state index >= 15 is 0 Å². The van der Waals surface area contributed by atoms with Gasteiger partial charge in [-0.1, -0.05) is 26.8 Å². The summed E-state index contributed by atoms with van der Waals surface area (Å²) in [5.74, 6) is 0.256. The largest absolute Gasteiger partial charge is 0.399 e. The Kier molecular flexibility index (Phi) is 4.76. The summed E-state index contributed by atoms with van der Waals surface area (Å²) in [5, 5.41) is 0. The van der Waals surface area contributed by atoms with Gasteiger partial charge in [0.2, 0.25) is 10.0 Å². The number of benzene rings is 1. The fourth-order valence-electron chi connectivity index (χ4n) is 1.86. The molecule has 1 aromatic rings. The summed E-state index contributed by atoms with van der Waals surface area (Å²) in [7, 11) is -3.50. The summed E-state index contributed by atoms with van der Waals surface area (Å²) in [4.78, 5) is 0.265. The molecule has 1 unspecified atom stereocenters. The molecule has 0 aliphatic heterocycles. The topological polar surface area (TPSA) is 72.2 Å². The highest BCUT2D eigenvalue weighted by Crippen LogP contribution is 2.19. The third kappa shape index (κ3) is 3.46. The Morgan fingerprint density at radius 1 is 1.33 bits per heavy atom. The summed E-state index contributed by atoms with van der Waals surface area (Å²) in [5.41, 5.74) is 6.82. The maximum atomic E-state index is 12.3. The Balaban J connectivity index is 3.10. The third-order valence-electron chi connectivity index (χ3n) is 3.05. The van der Waals surface area contributed by atoms with Crippen LogP contribution in [-0.2, 0) is 10.0 Å². The minimum Gasteiger partial charge on any atom is -0.399 e. The third-order valence-corrected chi connectivity index (χ3v) is 4.68. The van der Waals surface area contributed by atoms with Crippen LogP contribution in [-0.4, -0.2) is 14.5 Å². The Labute approximate surface area is 110 Å². The lowest BCUT2D eigenvalue weighted by Crippen LogP contribution is -2.38. The number of anilines is 1. The molecule has 0 saturated heterocycles. The maximum Gasteiger partial charge on any atom is 0.241 e. The van der Waals surface area contributed by atoms with Crippen molar-refractivity contribution in [2.24, 2.45) is 5.92 Å². The predicted molar refractivity (Wildman–Crippen MR) is 74.8 cm³/mol. The van der Waals surface area contributed by atoms with E-state index in [9.17, 15) is 8.42 Å². The summed E-state index contributed by atoms with van der Waals surface area (Å²) in [6.07, 6.45) is 0.762. The van der Waals surface area contributed by atoms with Gasteiger partial charge in [-0.3, -0.25) is 0 Å². The van der Waals surface area contributed by atoms with Gasteiger partial charge >= 0.3 is 0 Å². The van der Waals surface area contributed by atoms with E-state index in [0.29, 0.717) is 11.3 Å². The Morgan fingerprint density at radius 3 is 2.44 bits per heavy atom. The average molecular weight is 270 g/mol. The van der Waals surface area contributed by atoms with Crippen molar-refractivity contribution in [3.05, 3.63) is 23.8 Å². The number of nitrogen functional groups attached to an aromatic ring is 1. The molecule has 1 rings (SSSR count). The second-order valence-electron chi connectivity index (χ2n) is 4.90. The van der Waals surface area contributed by atoms with Gasteiger partial charge in [0.1, 0.15) is 0 Å². The molecule has 5 heteroatoms. The van der Waals surface area contributed by atoms with Crippen LogP contribution in [0, 0.1) is 12.8 Å². The number of rotatable bonds is 5. The van der Waals surface area contributed by atoms with Crippen LogP contribution >= 0.6 is 0 Å². The monoisotopic (exact) mass is 270 g/mol. The quantitative estimate of drug-likeness (QED) is 0.806. The Hall–Kier alpha value is -1.07. The predicted octanol–water partition coefficient (Wildman–Crippen LogP) is 2.29. The molecule has 0 aromatic heterocycles. The summed E-state index contributed by atoms with van der Waals surface area (Å²) in [6.45, 7) is 7.75. The molecule has 1 atom stereocenters. The molecule has 0 aliphatic carbocycles. The first-order chi connectivity index (χ1) is 8.27. The van der Waals surface area contributed by atoms with E-state index in [-0.39, 0.29) is 16.9 Å². The fourth-order valence-corrected chi connectivity index (χ4v) is 3.61. The zero-order valence-electron chi connectivity index (χ0n) is 11.4. The van der Waals surface area contributed by atoms with Crippen LogP contribution < -0.4 is 10.5 Å². The van der Waals surface area contributed by atoms with E-state index in [4.69, 9.17) is 5.73 Å². The van der Waals surface area contributed by atoms with E-state index in [1.54, 1.807) is 19.1 Å². The first-order valence-electron chi connectivity index (χ1n) is 6.16. The molecule has 0 saturated carbocycles. The van der Waals surface area contributed by atoms with Crippen LogP contribution in [0.5, 0.6) is 0 Å². The normalized spacial score (nSPS) is 13.8. The van der Waals surface area contributed by atoms with Crippen molar-refractivity contribution >= 4 is 15.7 Å². The summed E-state index contributed by atoms with van der Waals surface area (Å²) < 4.78 is 27.4. The Morgan fingerprint density at radius 2 is 1.94 bits per heavy atom. The number of nitrogens with two attached hydrogens (primary N) is 1. The van der Waals surface area contributed by atoms with Gasteiger partial charge in [0.05, 0.1) is 4.90 Å². The molecule has 0 radical (unpaired) electrons. The van der Waals surface area contributed by atoms with Crippen LogP contribution in [0.15, 0.2) is 23.1 Å². The van der Waals surface area contributed by atoms with Gasteiger partial charge in [0.25, 0.3) is 0 Å². The molecule has 0 spiro atoms. The molecule has 0 bridgehead atoms. The molecule has 3 N–H and O–H groups in total. The molecule has 0 amide bonds. The fraction of sp³-hybridized carbons (Fsp3) is 0.538. The van der Waals surface area contributed by atoms with E-state index < -0.39 is 10.0 Å². The first-order valence-corrected chi connectivity index (χ1v) is 7.64. The van der Waals surface area contributed by atoms with Gasteiger partial charge in [-0.25, -0.2) is 13.1 Å². The van der Waals surface area contributed by atoms with Crippen molar-refractivity contribution < 1.29 is 8.42 Å². The highest BCUT2D eigenvalue weighted by molar-refractivity contribution is 7.89. The van der Waals surface area contributed by atoms with Crippen LogP contribution in [0.4, 0.5) is 5.69 Å². The smallest absolute Gasteiger partial charge is 0.241 e. The van der Waals surface area contributed by atoms with Gasteiger partial charge in [-0.2, -0.15) is 0 Å². The van der Waals surface area contributed by atoms with Crippen LogP contribution in [0.2, 0.25) is 0 Å². The van der Waals surface area contributed by atoms with Crippen molar-refractivity contribution in [3.8, 4) is 0 Å². The molecule has 0 heterocycles. The minimum atomic E-state index is -3.50. The zero-order chi connectivity index (χ0) is 13.9. The van der Waals surface area contributed by atoms with E-state index in [1.165, 1.54) is 6.07 Å². The Bertz CT molecular complexity index is 510. The molecule has 4 nitrogen and oxygen atoms in total. The van der Waals surface area contributed by atoms with Gasteiger partial charge in [-0.05, 0) is 37.0 Å². The van der Waals surface area contributed by atoms with E-state index in [1.807, 2.05) is 20.8 Å². The molecule has 0 fully saturated rings. The lowest BCUT2D eigenvalue weighted by Gasteiger charge is -2.21. The molecule has 1 aromatic carbocycles. The van der Waals surface area contributed by atoms with E-state index in [2.05, 4.69) is 4.72 Å².